The molecule has 1 saturated carbocycles. The normalized spacial score (nSPS) is 15.5. The quantitative estimate of drug-likeness (QED) is 0.674. The van der Waals surface area contributed by atoms with E-state index in [-0.39, 0.29) is 11.9 Å². The highest BCUT2D eigenvalue weighted by Gasteiger charge is 2.21. The van der Waals surface area contributed by atoms with Gasteiger partial charge in [0.2, 0.25) is 0 Å². The Morgan fingerprint density at radius 2 is 1.82 bits per heavy atom. The summed E-state index contributed by atoms with van der Waals surface area (Å²) in [5.74, 6) is 0.00551. The van der Waals surface area contributed by atoms with Crippen molar-refractivity contribution in [2.75, 3.05) is 0 Å². The number of rotatable bonds is 3. The second kappa shape index (κ2) is 7.74. The standard InChI is InChI=1S/C23H28N4O/c1-15-22(16(2)27(3)26-15)21-14-19(18-12-8-9-13-20(18)25-21)23(28)24-17-10-6-4-5-7-11-17/h8-9,12-14,17H,4-7,10-11H2,1-3H3,(H,24,28). The molecular formula is C23H28N4O. The van der Waals surface area contributed by atoms with Gasteiger partial charge < -0.3 is 5.32 Å². The zero-order valence-electron chi connectivity index (χ0n) is 17.0. The van der Waals surface area contributed by atoms with E-state index in [0.717, 1.165) is 46.4 Å². The lowest BCUT2D eigenvalue weighted by Gasteiger charge is -2.17. The van der Waals surface area contributed by atoms with Crippen LogP contribution in [0.3, 0.4) is 0 Å². The summed E-state index contributed by atoms with van der Waals surface area (Å²) in [6.45, 7) is 4.03. The summed E-state index contributed by atoms with van der Waals surface area (Å²) >= 11 is 0. The van der Waals surface area contributed by atoms with Crippen LogP contribution in [-0.2, 0) is 7.05 Å². The summed E-state index contributed by atoms with van der Waals surface area (Å²) < 4.78 is 1.87. The first-order valence-corrected chi connectivity index (χ1v) is 10.3. The van der Waals surface area contributed by atoms with E-state index >= 15 is 0 Å². The Bertz CT molecular complexity index is 1010. The van der Waals surface area contributed by atoms with Crippen LogP contribution >= 0.6 is 0 Å². The van der Waals surface area contributed by atoms with E-state index in [2.05, 4.69) is 10.4 Å². The molecule has 4 rings (SSSR count). The summed E-state index contributed by atoms with van der Waals surface area (Å²) in [6.07, 6.45) is 7.08. The molecule has 146 valence electrons. The SMILES string of the molecule is Cc1nn(C)c(C)c1-c1cc(C(=O)NC2CCCCCC2)c2ccccc2n1. The Labute approximate surface area is 166 Å². The molecule has 0 unspecified atom stereocenters. The van der Waals surface area contributed by atoms with E-state index in [4.69, 9.17) is 4.98 Å². The maximum atomic E-state index is 13.2. The number of aryl methyl sites for hydroxylation is 2. The van der Waals surface area contributed by atoms with Gasteiger partial charge >= 0.3 is 0 Å². The average molecular weight is 377 g/mol. The Hall–Kier alpha value is -2.69. The predicted molar refractivity (Wildman–Crippen MR) is 112 cm³/mol. The van der Waals surface area contributed by atoms with Crippen molar-refractivity contribution in [2.45, 2.75) is 58.4 Å². The molecule has 0 radical (unpaired) electrons. The number of hydrogen-bond acceptors (Lipinski definition) is 3. The Balaban J connectivity index is 1.77. The van der Waals surface area contributed by atoms with Gasteiger partial charge in [-0.25, -0.2) is 4.98 Å². The van der Waals surface area contributed by atoms with E-state index < -0.39 is 0 Å². The minimum Gasteiger partial charge on any atom is -0.349 e. The number of aromatic nitrogens is 3. The lowest BCUT2D eigenvalue weighted by molar-refractivity contribution is 0.0935. The van der Waals surface area contributed by atoms with E-state index in [1.165, 1.54) is 25.7 Å². The molecule has 1 N–H and O–H groups in total. The van der Waals surface area contributed by atoms with Crippen molar-refractivity contribution in [3.8, 4) is 11.3 Å². The van der Waals surface area contributed by atoms with Gasteiger partial charge in [-0.15, -0.1) is 0 Å². The lowest BCUT2D eigenvalue weighted by atomic mass is 10.0. The van der Waals surface area contributed by atoms with Crippen LogP contribution in [0.25, 0.3) is 22.2 Å². The minimum absolute atomic E-state index is 0.00551. The number of fused-ring (bicyclic) bond motifs is 1. The molecule has 2 aromatic heterocycles. The van der Waals surface area contributed by atoms with Gasteiger partial charge in [0.15, 0.2) is 0 Å². The maximum Gasteiger partial charge on any atom is 0.252 e. The molecule has 0 spiro atoms. The van der Waals surface area contributed by atoms with Gasteiger partial charge in [0.25, 0.3) is 5.91 Å². The average Bonchev–Trinajstić information content (AvgIpc) is 2.85. The van der Waals surface area contributed by atoms with Gasteiger partial charge in [0, 0.05) is 29.7 Å². The number of nitrogens with one attached hydrogen (secondary N) is 1. The minimum atomic E-state index is 0.00551. The van der Waals surface area contributed by atoms with Gasteiger partial charge in [0.1, 0.15) is 0 Å². The van der Waals surface area contributed by atoms with Crippen molar-refractivity contribution < 1.29 is 4.79 Å². The third kappa shape index (κ3) is 3.53. The van der Waals surface area contributed by atoms with Crippen molar-refractivity contribution in [2.24, 2.45) is 7.05 Å². The first kappa shape index (κ1) is 18.7. The number of benzene rings is 1. The molecule has 0 aliphatic heterocycles. The molecule has 1 amide bonds. The Kier molecular flexibility index (Phi) is 5.16. The molecule has 1 aromatic carbocycles. The van der Waals surface area contributed by atoms with Gasteiger partial charge in [-0.05, 0) is 38.8 Å². The second-order valence-electron chi connectivity index (χ2n) is 7.90. The molecule has 1 aliphatic rings. The summed E-state index contributed by atoms with van der Waals surface area (Å²) in [5.41, 5.74) is 5.35. The number of carbonyl (C=O) groups excluding carboxylic acids is 1. The predicted octanol–water partition coefficient (Wildman–Crippen LogP) is 4.70. The zero-order valence-corrected chi connectivity index (χ0v) is 17.0. The highest BCUT2D eigenvalue weighted by atomic mass is 16.1. The lowest BCUT2D eigenvalue weighted by Crippen LogP contribution is -2.34. The van der Waals surface area contributed by atoms with E-state index in [9.17, 15) is 4.79 Å². The van der Waals surface area contributed by atoms with Crippen molar-refractivity contribution in [3.05, 3.63) is 47.3 Å². The van der Waals surface area contributed by atoms with E-state index in [1.807, 2.05) is 55.9 Å². The monoisotopic (exact) mass is 376 g/mol. The van der Waals surface area contributed by atoms with Crippen molar-refractivity contribution in [1.29, 1.82) is 0 Å². The third-order valence-corrected chi connectivity index (χ3v) is 5.92. The van der Waals surface area contributed by atoms with Gasteiger partial charge in [-0.3, -0.25) is 9.48 Å². The summed E-state index contributed by atoms with van der Waals surface area (Å²) in [4.78, 5) is 18.1. The third-order valence-electron chi connectivity index (χ3n) is 5.92. The first-order valence-electron chi connectivity index (χ1n) is 10.3. The first-order chi connectivity index (χ1) is 13.5. The topological polar surface area (TPSA) is 59.8 Å². The van der Waals surface area contributed by atoms with Gasteiger partial charge in [-0.2, -0.15) is 5.10 Å². The Morgan fingerprint density at radius 1 is 1.11 bits per heavy atom. The zero-order chi connectivity index (χ0) is 19.7. The molecular weight excluding hydrogens is 348 g/mol. The number of pyridine rings is 1. The molecule has 3 aromatic rings. The Morgan fingerprint density at radius 3 is 2.50 bits per heavy atom. The molecule has 5 heteroatoms. The van der Waals surface area contributed by atoms with E-state index in [0.29, 0.717) is 5.56 Å². The van der Waals surface area contributed by atoms with E-state index in [1.54, 1.807) is 0 Å². The van der Waals surface area contributed by atoms with Crippen LogP contribution in [0.2, 0.25) is 0 Å². The fraction of sp³-hybridized carbons (Fsp3) is 0.435. The van der Waals surface area contributed by atoms with Gasteiger partial charge in [0.05, 0.1) is 22.5 Å². The molecule has 1 aliphatic carbocycles. The second-order valence-corrected chi connectivity index (χ2v) is 7.90. The van der Waals surface area contributed by atoms with Crippen LogP contribution in [0.15, 0.2) is 30.3 Å². The van der Waals surface area contributed by atoms with Crippen molar-refractivity contribution in [1.82, 2.24) is 20.1 Å². The van der Waals surface area contributed by atoms with Crippen molar-refractivity contribution in [3.63, 3.8) is 0 Å². The van der Waals surface area contributed by atoms with Crippen LogP contribution in [0.4, 0.5) is 0 Å². The van der Waals surface area contributed by atoms with Crippen LogP contribution in [-0.4, -0.2) is 26.7 Å². The molecule has 28 heavy (non-hydrogen) atoms. The molecule has 0 atom stereocenters. The molecule has 0 bridgehead atoms. The smallest absolute Gasteiger partial charge is 0.252 e. The van der Waals surface area contributed by atoms with Crippen LogP contribution in [0, 0.1) is 13.8 Å². The largest absolute Gasteiger partial charge is 0.349 e. The fourth-order valence-corrected chi connectivity index (χ4v) is 4.32. The molecule has 1 fully saturated rings. The summed E-state index contributed by atoms with van der Waals surface area (Å²) in [6, 6.07) is 10.1. The van der Waals surface area contributed by atoms with Gasteiger partial charge in [-0.1, -0.05) is 43.9 Å². The van der Waals surface area contributed by atoms with Crippen LogP contribution < -0.4 is 5.32 Å². The maximum absolute atomic E-state index is 13.2. The number of hydrogen-bond donors (Lipinski definition) is 1. The molecule has 5 nitrogen and oxygen atoms in total. The molecule has 0 saturated heterocycles. The number of nitrogens with zero attached hydrogens (tertiary/aromatic N) is 3. The number of para-hydroxylation sites is 1. The van der Waals surface area contributed by atoms with Crippen LogP contribution in [0.5, 0.6) is 0 Å². The number of amides is 1. The fourth-order valence-electron chi connectivity index (χ4n) is 4.32. The summed E-state index contributed by atoms with van der Waals surface area (Å²) in [5, 5.41) is 8.71. The van der Waals surface area contributed by atoms with Crippen molar-refractivity contribution >= 4 is 16.8 Å². The molecule has 2 heterocycles. The highest BCUT2D eigenvalue weighted by molar-refractivity contribution is 6.07. The summed E-state index contributed by atoms with van der Waals surface area (Å²) in [7, 11) is 1.94. The number of carbonyl (C=O) groups is 1. The van der Waals surface area contributed by atoms with Crippen LogP contribution in [0.1, 0.15) is 60.3 Å². The highest BCUT2D eigenvalue weighted by Crippen LogP contribution is 2.29.